The number of benzene rings is 1. The molecular formula is C26H32FN9O2. The minimum atomic E-state index is -0.568. The van der Waals surface area contributed by atoms with Crippen LogP contribution in [-0.2, 0) is 11.8 Å². The Bertz CT molecular complexity index is 1470. The van der Waals surface area contributed by atoms with Crippen molar-refractivity contribution in [2.75, 3.05) is 44.4 Å². The fourth-order valence-corrected chi connectivity index (χ4v) is 5.01. The predicted molar refractivity (Wildman–Crippen MR) is 144 cm³/mol. The molecular weight excluding hydrogens is 489 g/mol. The summed E-state index contributed by atoms with van der Waals surface area (Å²) in [4.78, 5) is 29.4. The van der Waals surface area contributed by atoms with Crippen LogP contribution in [-0.4, -0.2) is 86.3 Å². The van der Waals surface area contributed by atoms with E-state index in [1.165, 1.54) is 7.11 Å². The zero-order valence-corrected chi connectivity index (χ0v) is 22.1. The second kappa shape index (κ2) is 10.4. The molecule has 0 aliphatic carbocycles. The van der Waals surface area contributed by atoms with E-state index in [0.717, 1.165) is 31.2 Å². The molecule has 3 N–H and O–H groups in total. The Kier molecular flexibility index (Phi) is 7.00. The monoisotopic (exact) mass is 521 g/mol. The van der Waals surface area contributed by atoms with Crippen molar-refractivity contribution >= 4 is 34.1 Å². The molecule has 11 nitrogen and oxygen atoms in total. The third-order valence-electron chi connectivity index (χ3n) is 6.97. The second-order valence-electron chi connectivity index (χ2n) is 9.69. The van der Waals surface area contributed by atoms with Gasteiger partial charge in [-0.2, -0.15) is 0 Å². The van der Waals surface area contributed by atoms with Gasteiger partial charge in [-0.1, -0.05) is 12.1 Å². The molecule has 4 aromatic rings. The number of likely N-dealkylation sites (N-methyl/N-ethyl adjacent to an activating group) is 1. The van der Waals surface area contributed by atoms with E-state index in [1.807, 2.05) is 25.1 Å². The molecule has 1 aliphatic rings. The number of nitrogens with one attached hydrogen (secondary N) is 3. The third-order valence-corrected chi connectivity index (χ3v) is 6.97. The Balaban J connectivity index is 1.41. The summed E-state index contributed by atoms with van der Waals surface area (Å²) >= 11 is 0. The molecule has 1 saturated heterocycles. The molecule has 0 saturated carbocycles. The van der Waals surface area contributed by atoms with E-state index in [0.29, 0.717) is 28.3 Å². The largest absolute Gasteiger partial charge is 0.478 e. The van der Waals surface area contributed by atoms with Gasteiger partial charge in [0.2, 0.25) is 11.9 Å². The van der Waals surface area contributed by atoms with Gasteiger partial charge in [-0.15, -0.1) is 5.10 Å². The number of carbonyl (C=O) groups is 1. The molecule has 1 aromatic carbocycles. The number of aromatic amines is 1. The topological polar surface area (TPSA) is 116 Å². The number of nitrogens with zero attached hydrogens (tertiary/aromatic N) is 6. The molecule has 1 amide bonds. The van der Waals surface area contributed by atoms with Crippen LogP contribution in [0.5, 0.6) is 5.88 Å². The number of methoxy groups -OCH3 is 1. The number of amides is 1. The Morgan fingerprint density at radius 1 is 1.26 bits per heavy atom. The van der Waals surface area contributed by atoms with E-state index in [2.05, 4.69) is 54.5 Å². The molecule has 1 fully saturated rings. The highest BCUT2D eigenvalue weighted by atomic mass is 19.1. The number of hydrogen-bond donors (Lipinski definition) is 3. The molecule has 1 aliphatic heterocycles. The number of hydrogen-bond acceptors (Lipinski definition) is 8. The lowest BCUT2D eigenvalue weighted by Crippen LogP contribution is -2.56. The third kappa shape index (κ3) is 4.92. The first-order valence-corrected chi connectivity index (χ1v) is 12.5. The van der Waals surface area contributed by atoms with Crippen LogP contribution in [0.15, 0.2) is 36.8 Å². The van der Waals surface area contributed by atoms with Crippen LogP contribution in [0.2, 0.25) is 0 Å². The summed E-state index contributed by atoms with van der Waals surface area (Å²) in [6.07, 6.45) is 4.53. The molecule has 1 unspecified atom stereocenters. The number of piperazine rings is 1. The van der Waals surface area contributed by atoms with Crippen molar-refractivity contribution in [1.82, 2.24) is 34.5 Å². The van der Waals surface area contributed by atoms with E-state index < -0.39 is 5.82 Å². The van der Waals surface area contributed by atoms with E-state index in [4.69, 9.17) is 4.74 Å². The van der Waals surface area contributed by atoms with Gasteiger partial charge in [0.25, 0.3) is 5.88 Å². The number of anilines is 3. The summed E-state index contributed by atoms with van der Waals surface area (Å²) in [5.41, 5.74) is 2.55. The number of halogens is 1. The number of H-pyrrole nitrogens is 1. The van der Waals surface area contributed by atoms with Gasteiger partial charge in [-0.05, 0) is 27.0 Å². The van der Waals surface area contributed by atoms with Crippen LogP contribution in [0.4, 0.5) is 21.7 Å². The van der Waals surface area contributed by atoms with Gasteiger partial charge in [0.15, 0.2) is 5.82 Å². The van der Waals surface area contributed by atoms with Crippen LogP contribution in [0.3, 0.4) is 0 Å². The van der Waals surface area contributed by atoms with Gasteiger partial charge in [-0.25, -0.2) is 14.4 Å². The molecule has 4 heterocycles. The molecule has 0 radical (unpaired) electrons. The maximum atomic E-state index is 14.9. The highest BCUT2D eigenvalue weighted by Gasteiger charge is 2.30. The number of aryl methyl sites for hydroxylation is 1. The first-order chi connectivity index (χ1) is 18.2. The number of fused-ring (bicyclic) bond motifs is 1. The van der Waals surface area contributed by atoms with Crippen LogP contribution in [0, 0.1) is 5.82 Å². The fraction of sp³-hybridized carbons (Fsp3) is 0.385. The average molecular weight is 522 g/mol. The van der Waals surface area contributed by atoms with Crippen molar-refractivity contribution in [3.05, 3.63) is 42.6 Å². The van der Waals surface area contributed by atoms with Crippen molar-refractivity contribution in [3.63, 3.8) is 0 Å². The van der Waals surface area contributed by atoms with Crippen LogP contribution >= 0.6 is 0 Å². The number of aromatic nitrogens is 5. The molecule has 5 rings (SSSR count). The normalized spacial score (nSPS) is 17.5. The standard InChI is InChI=1S/C26H32FN9O2/c1-15-13-34(3)9-10-36(15)16(2)24(37)30-20-8-6-7-17-18(11-28-23(17)20)22-19(27)12-29-26(32-22)31-21-14-35(4)33-25(21)38-5/h6-8,11-12,14-16,28H,9-10,13H2,1-5H3,(H,30,37)(H,29,31,32)/t15-,16?/m1/s1. The van der Waals surface area contributed by atoms with Crippen molar-refractivity contribution in [1.29, 1.82) is 0 Å². The summed E-state index contributed by atoms with van der Waals surface area (Å²) < 4.78 is 21.8. The molecule has 38 heavy (non-hydrogen) atoms. The molecule has 3 aromatic heterocycles. The van der Waals surface area contributed by atoms with Crippen LogP contribution in [0.25, 0.3) is 22.2 Å². The predicted octanol–water partition coefficient (Wildman–Crippen LogP) is 3.21. The smallest absolute Gasteiger partial charge is 0.256 e. The van der Waals surface area contributed by atoms with Crippen molar-refractivity contribution in [3.8, 4) is 17.1 Å². The van der Waals surface area contributed by atoms with Crippen molar-refractivity contribution in [2.45, 2.75) is 25.9 Å². The fourth-order valence-electron chi connectivity index (χ4n) is 5.01. The zero-order chi connectivity index (χ0) is 27.0. The summed E-state index contributed by atoms with van der Waals surface area (Å²) in [6, 6.07) is 5.51. The van der Waals surface area contributed by atoms with E-state index in [1.54, 1.807) is 24.1 Å². The van der Waals surface area contributed by atoms with Gasteiger partial charge in [0.05, 0.1) is 36.7 Å². The van der Waals surface area contributed by atoms with Crippen molar-refractivity contribution in [2.24, 2.45) is 7.05 Å². The van der Waals surface area contributed by atoms with Gasteiger partial charge in [0, 0.05) is 49.9 Å². The Morgan fingerprint density at radius 3 is 2.84 bits per heavy atom. The summed E-state index contributed by atoms with van der Waals surface area (Å²) in [7, 11) is 5.37. The minimum Gasteiger partial charge on any atom is -0.478 e. The molecule has 0 bridgehead atoms. The summed E-state index contributed by atoms with van der Waals surface area (Å²) in [6.45, 7) is 6.74. The molecule has 2 atom stereocenters. The lowest BCUT2D eigenvalue weighted by Gasteiger charge is -2.41. The average Bonchev–Trinajstić information content (AvgIpc) is 3.48. The van der Waals surface area contributed by atoms with Gasteiger partial charge in [-0.3, -0.25) is 14.4 Å². The quantitative estimate of drug-likeness (QED) is 0.340. The van der Waals surface area contributed by atoms with Crippen LogP contribution in [0.1, 0.15) is 13.8 Å². The van der Waals surface area contributed by atoms with E-state index >= 15 is 0 Å². The first kappa shape index (κ1) is 25.6. The van der Waals surface area contributed by atoms with Crippen molar-refractivity contribution < 1.29 is 13.9 Å². The van der Waals surface area contributed by atoms with Crippen LogP contribution < -0.4 is 15.4 Å². The highest BCUT2D eigenvalue weighted by molar-refractivity contribution is 6.06. The Labute approximate surface area is 220 Å². The summed E-state index contributed by atoms with van der Waals surface area (Å²) in [5, 5.41) is 11.0. The molecule has 12 heteroatoms. The number of ether oxygens (including phenoxy) is 1. The van der Waals surface area contributed by atoms with Gasteiger partial charge < -0.3 is 25.3 Å². The Hall–Kier alpha value is -4.03. The number of rotatable bonds is 7. The molecule has 0 spiro atoms. The highest BCUT2D eigenvalue weighted by Crippen LogP contribution is 2.34. The maximum Gasteiger partial charge on any atom is 0.256 e. The minimum absolute atomic E-state index is 0.0878. The SMILES string of the molecule is COc1nn(C)cc1Nc1ncc(F)c(-c2c[nH]c3c(NC(=O)C(C)N4CCN(C)C[C@H]4C)cccc23)n1. The lowest BCUT2D eigenvalue weighted by atomic mass is 10.1. The van der Waals surface area contributed by atoms with Gasteiger partial charge in [0.1, 0.15) is 11.4 Å². The summed E-state index contributed by atoms with van der Waals surface area (Å²) in [5.74, 6) is -0.0897. The second-order valence-corrected chi connectivity index (χ2v) is 9.69. The lowest BCUT2D eigenvalue weighted by molar-refractivity contribution is -0.122. The van der Waals surface area contributed by atoms with E-state index in [-0.39, 0.29) is 29.6 Å². The first-order valence-electron chi connectivity index (χ1n) is 12.5. The van der Waals surface area contributed by atoms with E-state index in [9.17, 15) is 9.18 Å². The zero-order valence-electron chi connectivity index (χ0n) is 22.1. The Morgan fingerprint density at radius 2 is 2.08 bits per heavy atom. The number of para-hydroxylation sites is 1. The molecule has 200 valence electrons. The maximum absolute atomic E-state index is 14.9. The van der Waals surface area contributed by atoms with Gasteiger partial charge >= 0.3 is 0 Å². The number of carbonyl (C=O) groups excluding carboxylic acids is 1.